The number of fused-ring (bicyclic) bond motifs is 10. The van der Waals surface area contributed by atoms with Crippen LogP contribution in [0.5, 0.6) is 0 Å². The molecule has 0 fully saturated rings. The largest absolute Gasteiger partial charge is 0.306 e. The van der Waals surface area contributed by atoms with Crippen LogP contribution in [0.2, 0.25) is 0 Å². The lowest BCUT2D eigenvalue weighted by Crippen LogP contribution is -1.95. The zero-order valence-corrected chi connectivity index (χ0v) is 30.5. The van der Waals surface area contributed by atoms with E-state index in [2.05, 4.69) is 156 Å². The molecule has 0 saturated carbocycles. The quantitative estimate of drug-likeness (QED) is 0.133. The van der Waals surface area contributed by atoms with Crippen LogP contribution in [0, 0.1) is 0 Å². The van der Waals surface area contributed by atoms with E-state index in [1.54, 1.807) is 0 Å². The standard InChI is InChI=1S/C51H30N6/c1-2-11-31(12-3-1)44-30-57-28-26-40-47(51(57)56-44)39-18-8-9-19-41(39)54-48(40)33-22-20-32(21-23-33)45-35-14-4-6-16-37(35)46(38-17-7-5-15-36(38)45)42-24-25-43-50(55-42)49-34(29-53-43)13-10-27-52-49/h1-30H. The lowest BCUT2D eigenvalue weighted by Gasteiger charge is -2.18. The van der Waals surface area contributed by atoms with Gasteiger partial charge in [0.05, 0.1) is 33.6 Å². The molecular formula is C51H30N6. The van der Waals surface area contributed by atoms with Crippen LogP contribution in [0.4, 0.5) is 0 Å². The highest BCUT2D eigenvalue weighted by molar-refractivity contribution is 6.22. The summed E-state index contributed by atoms with van der Waals surface area (Å²) in [5.74, 6) is 0. The fourth-order valence-electron chi connectivity index (χ4n) is 8.68. The number of rotatable bonds is 4. The Hall–Kier alpha value is -7.83. The number of aromatic nitrogens is 6. The molecular weight excluding hydrogens is 697 g/mol. The summed E-state index contributed by atoms with van der Waals surface area (Å²) in [6, 6.07) is 55.3. The zero-order valence-electron chi connectivity index (χ0n) is 30.5. The molecule has 6 nitrogen and oxygen atoms in total. The van der Waals surface area contributed by atoms with Gasteiger partial charge in [-0.25, -0.2) is 15.0 Å². The van der Waals surface area contributed by atoms with Crippen LogP contribution in [0.3, 0.4) is 0 Å². The number of hydrogen-bond acceptors (Lipinski definition) is 5. The van der Waals surface area contributed by atoms with E-state index in [1.807, 2.05) is 30.6 Å². The first-order chi connectivity index (χ1) is 28.3. The molecule has 0 atom stereocenters. The topological polar surface area (TPSA) is 68.9 Å². The predicted octanol–water partition coefficient (Wildman–Crippen LogP) is 12.5. The number of imidazole rings is 1. The second-order valence-corrected chi connectivity index (χ2v) is 14.5. The van der Waals surface area contributed by atoms with Crippen molar-refractivity contribution in [1.29, 1.82) is 0 Å². The first-order valence-corrected chi connectivity index (χ1v) is 19.1. The van der Waals surface area contributed by atoms with Crippen molar-refractivity contribution < 1.29 is 0 Å². The number of para-hydroxylation sites is 1. The van der Waals surface area contributed by atoms with Crippen LogP contribution in [0.1, 0.15) is 0 Å². The van der Waals surface area contributed by atoms with Gasteiger partial charge >= 0.3 is 0 Å². The van der Waals surface area contributed by atoms with Crippen molar-refractivity contribution in [2.45, 2.75) is 0 Å². The third kappa shape index (κ3) is 4.87. The normalized spacial score (nSPS) is 11.9. The third-order valence-corrected chi connectivity index (χ3v) is 11.3. The van der Waals surface area contributed by atoms with Gasteiger partial charge in [-0.3, -0.25) is 9.97 Å². The van der Waals surface area contributed by atoms with Crippen LogP contribution in [0.15, 0.2) is 183 Å². The van der Waals surface area contributed by atoms with Crippen LogP contribution in [-0.2, 0) is 0 Å². The van der Waals surface area contributed by atoms with Gasteiger partial charge in [0.15, 0.2) is 0 Å². The number of benzene rings is 6. The maximum Gasteiger partial charge on any atom is 0.146 e. The summed E-state index contributed by atoms with van der Waals surface area (Å²) in [7, 11) is 0. The Kier molecular flexibility index (Phi) is 6.83. The van der Waals surface area contributed by atoms with Crippen molar-refractivity contribution in [2.24, 2.45) is 0 Å². The van der Waals surface area contributed by atoms with E-state index in [0.717, 1.165) is 99.4 Å². The maximum absolute atomic E-state index is 5.28. The molecule has 6 heterocycles. The monoisotopic (exact) mass is 726 g/mol. The zero-order chi connectivity index (χ0) is 37.5. The summed E-state index contributed by atoms with van der Waals surface area (Å²) < 4.78 is 2.13. The summed E-state index contributed by atoms with van der Waals surface area (Å²) in [5.41, 5.74) is 12.7. The Morgan fingerprint density at radius 3 is 1.86 bits per heavy atom. The third-order valence-electron chi connectivity index (χ3n) is 11.3. The Morgan fingerprint density at radius 2 is 1.09 bits per heavy atom. The molecule has 0 amide bonds. The average molecular weight is 727 g/mol. The smallest absolute Gasteiger partial charge is 0.146 e. The molecule has 0 aliphatic heterocycles. The van der Waals surface area contributed by atoms with Crippen molar-refractivity contribution in [3.63, 3.8) is 0 Å². The fraction of sp³-hybridized carbons (Fsp3) is 0. The average Bonchev–Trinajstić information content (AvgIpc) is 3.73. The van der Waals surface area contributed by atoms with Gasteiger partial charge < -0.3 is 4.40 Å². The molecule has 0 radical (unpaired) electrons. The second kappa shape index (κ2) is 12.3. The molecule has 6 aromatic heterocycles. The van der Waals surface area contributed by atoms with Gasteiger partial charge in [0, 0.05) is 63.0 Å². The molecule has 6 aromatic carbocycles. The van der Waals surface area contributed by atoms with Crippen LogP contribution in [0.25, 0.3) is 116 Å². The van der Waals surface area contributed by atoms with E-state index < -0.39 is 0 Å². The van der Waals surface area contributed by atoms with Crippen molar-refractivity contribution in [3.05, 3.63) is 183 Å². The second-order valence-electron chi connectivity index (χ2n) is 14.5. The molecule has 0 unspecified atom stereocenters. The fourth-order valence-corrected chi connectivity index (χ4v) is 8.68. The first kappa shape index (κ1) is 31.5. The van der Waals surface area contributed by atoms with Crippen molar-refractivity contribution in [1.82, 2.24) is 29.3 Å². The molecule has 264 valence electrons. The van der Waals surface area contributed by atoms with Crippen LogP contribution < -0.4 is 0 Å². The Labute approximate surface area is 326 Å². The van der Waals surface area contributed by atoms with E-state index >= 15 is 0 Å². The molecule has 0 aliphatic rings. The van der Waals surface area contributed by atoms with Crippen molar-refractivity contribution in [3.8, 4) is 44.9 Å². The summed E-state index contributed by atoms with van der Waals surface area (Å²) in [6.45, 7) is 0. The lowest BCUT2D eigenvalue weighted by atomic mass is 9.87. The Bertz CT molecular complexity index is 3520. The molecule has 0 N–H and O–H groups in total. The van der Waals surface area contributed by atoms with E-state index in [-0.39, 0.29) is 0 Å². The van der Waals surface area contributed by atoms with E-state index in [4.69, 9.17) is 24.9 Å². The SMILES string of the molecule is c1ccc(-c2cn3ccc4c(-c5ccc(-c6c7ccccc7c(-c7ccc8ncc9cccnc9c8n7)c7ccccc67)cc5)nc5ccccc5c4c3n2)cc1. The van der Waals surface area contributed by atoms with Gasteiger partial charge in [-0.2, -0.15) is 0 Å². The Balaban J connectivity index is 1.04. The summed E-state index contributed by atoms with van der Waals surface area (Å²) in [5, 5.41) is 8.85. The summed E-state index contributed by atoms with van der Waals surface area (Å²) in [4.78, 5) is 25.1. The Morgan fingerprint density at radius 1 is 0.404 bits per heavy atom. The lowest BCUT2D eigenvalue weighted by molar-refractivity contribution is 1.20. The maximum atomic E-state index is 5.28. The number of nitrogens with zero attached hydrogens (tertiary/aromatic N) is 6. The van der Waals surface area contributed by atoms with Gasteiger partial charge in [-0.15, -0.1) is 0 Å². The molecule has 12 aromatic rings. The molecule has 0 aliphatic carbocycles. The highest BCUT2D eigenvalue weighted by Crippen LogP contribution is 2.44. The summed E-state index contributed by atoms with van der Waals surface area (Å²) >= 11 is 0. The van der Waals surface area contributed by atoms with E-state index in [1.165, 1.54) is 16.3 Å². The number of pyridine rings is 5. The van der Waals surface area contributed by atoms with Crippen LogP contribution >= 0.6 is 0 Å². The molecule has 6 heteroatoms. The van der Waals surface area contributed by atoms with Crippen molar-refractivity contribution in [2.75, 3.05) is 0 Å². The highest BCUT2D eigenvalue weighted by atomic mass is 15.0. The summed E-state index contributed by atoms with van der Waals surface area (Å²) in [6.07, 6.45) is 7.90. The first-order valence-electron chi connectivity index (χ1n) is 19.1. The molecule has 57 heavy (non-hydrogen) atoms. The predicted molar refractivity (Wildman–Crippen MR) is 233 cm³/mol. The molecule has 0 spiro atoms. The van der Waals surface area contributed by atoms with Gasteiger partial charge in [0.1, 0.15) is 11.2 Å². The van der Waals surface area contributed by atoms with E-state index in [0.29, 0.717) is 0 Å². The minimum atomic E-state index is 0.804. The highest BCUT2D eigenvalue weighted by Gasteiger charge is 2.20. The van der Waals surface area contributed by atoms with Gasteiger partial charge in [0.25, 0.3) is 0 Å². The van der Waals surface area contributed by atoms with Gasteiger partial charge in [0.2, 0.25) is 0 Å². The van der Waals surface area contributed by atoms with Crippen molar-refractivity contribution >= 4 is 70.8 Å². The van der Waals surface area contributed by atoms with Gasteiger partial charge in [-0.05, 0) is 69.1 Å². The molecule has 12 rings (SSSR count). The van der Waals surface area contributed by atoms with E-state index in [9.17, 15) is 0 Å². The number of hydrogen-bond donors (Lipinski definition) is 0. The minimum Gasteiger partial charge on any atom is -0.306 e. The molecule has 0 bridgehead atoms. The van der Waals surface area contributed by atoms with Gasteiger partial charge in [-0.1, -0.05) is 121 Å². The molecule has 0 saturated heterocycles. The van der Waals surface area contributed by atoms with Crippen LogP contribution in [-0.4, -0.2) is 29.3 Å². The minimum absolute atomic E-state index is 0.804.